The largest absolute Gasteiger partial charge is 0.493 e. The first-order chi connectivity index (χ1) is 13.7. The van der Waals surface area contributed by atoms with E-state index in [1.54, 1.807) is 14.2 Å². The van der Waals surface area contributed by atoms with Gasteiger partial charge in [0.2, 0.25) is 0 Å². The van der Waals surface area contributed by atoms with Crippen molar-refractivity contribution in [1.82, 2.24) is 4.90 Å². The minimum atomic E-state index is 0.530. The van der Waals surface area contributed by atoms with E-state index < -0.39 is 0 Å². The second-order valence-electron chi connectivity index (χ2n) is 7.40. The molecule has 0 aliphatic carbocycles. The Morgan fingerprint density at radius 3 is 2.57 bits per heavy atom. The molecule has 0 unspecified atom stereocenters. The second kappa shape index (κ2) is 8.72. The minimum absolute atomic E-state index is 0.530. The topological polar surface area (TPSA) is 34.2 Å². The molecule has 2 aliphatic rings. The smallest absolute Gasteiger partial charge is 0.161 e. The van der Waals surface area contributed by atoms with Crippen LogP contribution in [-0.4, -0.2) is 45.0 Å². The van der Waals surface area contributed by atoms with Crippen LogP contribution >= 0.6 is 15.9 Å². The van der Waals surface area contributed by atoms with Crippen molar-refractivity contribution in [3.05, 3.63) is 52.0 Å². The van der Waals surface area contributed by atoms with Gasteiger partial charge in [0.25, 0.3) is 0 Å². The number of ether oxygens (including phenoxy) is 3. The highest BCUT2D eigenvalue weighted by Crippen LogP contribution is 2.35. The third-order valence-electron chi connectivity index (χ3n) is 5.58. The first kappa shape index (κ1) is 19.6. The van der Waals surface area contributed by atoms with Crippen LogP contribution in [0.15, 0.2) is 40.9 Å². The van der Waals surface area contributed by atoms with Crippen LogP contribution in [-0.2, 0) is 17.8 Å². The lowest BCUT2D eigenvalue weighted by Crippen LogP contribution is -2.49. The number of fused-ring (bicyclic) bond motifs is 1. The van der Waals surface area contributed by atoms with Gasteiger partial charge in [-0.2, -0.15) is 0 Å². The van der Waals surface area contributed by atoms with Crippen molar-refractivity contribution in [2.45, 2.75) is 32.0 Å². The molecule has 0 atom stereocenters. The fraction of sp³-hybridized carbons (Fsp3) is 0.455. The van der Waals surface area contributed by atoms with Crippen molar-refractivity contribution in [3.8, 4) is 11.5 Å². The number of hydrogen-bond donors (Lipinski definition) is 0. The molecule has 2 aliphatic heterocycles. The maximum atomic E-state index is 5.59. The second-order valence-corrected chi connectivity index (χ2v) is 8.32. The lowest BCUT2D eigenvalue weighted by molar-refractivity contribution is 0.0793. The molecule has 150 valence electrons. The van der Waals surface area contributed by atoms with Crippen molar-refractivity contribution in [3.63, 3.8) is 0 Å². The van der Waals surface area contributed by atoms with Gasteiger partial charge in [-0.25, -0.2) is 0 Å². The maximum absolute atomic E-state index is 5.59. The van der Waals surface area contributed by atoms with Crippen LogP contribution in [0.1, 0.15) is 24.0 Å². The maximum Gasteiger partial charge on any atom is 0.161 e. The van der Waals surface area contributed by atoms with Crippen molar-refractivity contribution < 1.29 is 14.2 Å². The molecular weight excluding hydrogens is 420 g/mol. The van der Waals surface area contributed by atoms with E-state index in [0.717, 1.165) is 61.8 Å². The van der Waals surface area contributed by atoms with Crippen LogP contribution in [0.3, 0.4) is 0 Å². The quantitative estimate of drug-likeness (QED) is 0.678. The van der Waals surface area contributed by atoms with Crippen molar-refractivity contribution in [2.24, 2.45) is 0 Å². The molecule has 0 radical (unpaired) electrons. The predicted octanol–water partition coefficient (Wildman–Crippen LogP) is 4.43. The SMILES string of the molecule is COc1ccc(CN2Cc3cc(Br)ccc3N(C3CCOCC3)C2)cc1OC. The predicted molar refractivity (Wildman–Crippen MR) is 114 cm³/mol. The molecule has 0 N–H and O–H groups in total. The van der Waals surface area contributed by atoms with E-state index in [9.17, 15) is 0 Å². The number of nitrogens with zero attached hydrogens (tertiary/aromatic N) is 2. The Kier molecular flexibility index (Phi) is 6.09. The Balaban J connectivity index is 1.58. The first-order valence-electron chi connectivity index (χ1n) is 9.74. The Morgan fingerprint density at radius 2 is 1.82 bits per heavy atom. The van der Waals surface area contributed by atoms with E-state index in [-0.39, 0.29) is 0 Å². The molecule has 5 nitrogen and oxygen atoms in total. The van der Waals surface area contributed by atoms with Gasteiger partial charge in [0, 0.05) is 42.5 Å². The van der Waals surface area contributed by atoms with Gasteiger partial charge in [-0.15, -0.1) is 0 Å². The molecule has 28 heavy (non-hydrogen) atoms. The zero-order valence-electron chi connectivity index (χ0n) is 16.5. The van der Waals surface area contributed by atoms with E-state index >= 15 is 0 Å². The zero-order valence-corrected chi connectivity index (χ0v) is 18.1. The van der Waals surface area contributed by atoms with E-state index in [0.29, 0.717) is 6.04 Å². The summed E-state index contributed by atoms with van der Waals surface area (Å²) in [6, 6.07) is 13.4. The summed E-state index contributed by atoms with van der Waals surface area (Å²) in [6.45, 7) is 4.42. The molecule has 6 heteroatoms. The number of anilines is 1. The molecule has 4 rings (SSSR count). The summed E-state index contributed by atoms with van der Waals surface area (Å²) >= 11 is 3.64. The van der Waals surface area contributed by atoms with Crippen molar-refractivity contribution >= 4 is 21.6 Å². The highest BCUT2D eigenvalue weighted by molar-refractivity contribution is 9.10. The van der Waals surface area contributed by atoms with Gasteiger partial charge in [0.15, 0.2) is 11.5 Å². The summed E-state index contributed by atoms with van der Waals surface area (Å²) in [5.74, 6) is 1.55. The molecule has 2 aromatic rings. The van der Waals surface area contributed by atoms with Crippen LogP contribution in [0.2, 0.25) is 0 Å². The van der Waals surface area contributed by atoms with Gasteiger partial charge in [-0.05, 0) is 54.3 Å². The number of methoxy groups -OCH3 is 2. The van der Waals surface area contributed by atoms with Crippen molar-refractivity contribution in [1.29, 1.82) is 0 Å². The summed E-state index contributed by atoms with van der Waals surface area (Å²) in [7, 11) is 3.35. The molecule has 0 saturated carbocycles. The van der Waals surface area contributed by atoms with E-state index in [1.165, 1.54) is 16.8 Å². The molecule has 1 fully saturated rings. The Morgan fingerprint density at radius 1 is 1.04 bits per heavy atom. The Labute approximate surface area is 175 Å². The third kappa shape index (κ3) is 4.14. The van der Waals surface area contributed by atoms with Gasteiger partial charge in [0.05, 0.1) is 20.9 Å². The fourth-order valence-corrected chi connectivity index (χ4v) is 4.60. The first-order valence-corrected chi connectivity index (χ1v) is 10.5. The molecule has 0 bridgehead atoms. The number of rotatable bonds is 5. The molecule has 0 amide bonds. The highest BCUT2D eigenvalue weighted by Gasteiger charge is 2.29. The number of hydrogen-bond acceptors (Lipinski definition) is 5. The van der Waals surface area contributed by atoms with Crippen LogP contribution in [0.5, 0.6) is 11.5 Å². The summed E-state index contributed by atoms with van der Waals surface area (Å²) in [5, 5.41) is 0. The third-order valence-corrected chi connectivity index (χ3v) is 6.08. The van der Waals surface area contributed by atoms with Gasteiger partial charge in [-0.3, -0.25) is 4.90 Å². The lowest BCUT2D eigenvalue weighted by Gasteiger charge is -2.44. The van der Waals surface area contributed by atoms with E-state index in [4.69, 9.17) is 14.2 Å². The van der Waals surface area contributed by atoms with E-state index in [1.807, 2.05) is 6.07 Å². The van der Waals surface area contributed by atoms with Gasteiger partial charge < -0.3 is 19.1 Å². The monoisotopic (exact) mass is 446 g/mol. The van der Waals surface area contributed by atoms with Crippen LogP contribution in [0.25, 0.3) is 0 Å². The normalized spacial score (nSPS) is 18.0. The number of halogens is 1. The molecule has 2 heterocycles. The Hall–Kier alpha value is -1.76. The standard InChI is InChI=1S/C22H27BrN2O3/c1-26-21-6-3-16(11-22(21)27-2)13-24-14-17-12-18(23)4-5-20(17)25(15-24)19-7-9-28-10-8-19/h3-6,11-12,19H,7-10,13-15H2,1-2H3. The molecule has 2 aromatic carbocycles. The minimum Gasteiger partial charge on any atom is -0.493 e. The lowest BCUT2D eigenvalue weighted by atomic mass is 10.0. The summed E-state index contributed by atoms with van der Waals surface area (Å²) in [6.07, 6.45) is 2.17. The highest BCUT2D eigenvalue weighted by atomic mass is 79.9. The van der Waals surface area contributed by atoms with Gasteiger partial charge >= 0.3 is 0 Å². The molecule has 1 saturated heterocycles. The average Bonchev–Trinajstić information content (AvgIpc) is 2.73. The molecule has 0 spiro atoms. The fourth-order valence-electron chi connectivity index (χ4n) is 4.20. The summed E-state index contributed by atoms with van der Waals surface area (Å²) < 4.78 is 17.6. The van der Waals surface area contributed by atoms with E-state index in [2.05, 4.69) is 56.1 Å². The zero-order chi connectivity index (χ0) is 19.5. The van der Waals surface area contributed by atoms with Gasteiger partial charge in [0.1, 0.15) is 0 Å². The van der Waals surface area contributed by atoms with Crippen LogP contribution < -0.4 is 14.4 Å². The van der Waals surface area contributed by atoms with Crippen LogP contribution in [0.4, 0.5) is 5.69 Å². The van der Waals surface area contributed by atoms with Gasteiger partial charge in [-0.1, -0.05) is 22.0 Å². The summed E-state index contributed by atoms with van der Waals surface area (Å²) in [5.41, 5.74) is 3.95. The average molecular weight is 447 g/mol. The molecular formula is C22H27BrN2O3. The number of benzene rings is 2. The molecule has 0 aromatic heterocycles. The van der Waals surface area contributed by atoms with Crippen molar-refractivity contribution in [2.75, 3.05) is 39.0 Å². The Bertz CT molecular complexity index is 823. The summed E-state index contributed by atoms with van der Waals surface area (Å²) in [4.78, 5) is 5.06. The van der Waals surface area contributed by atoms with Crippen LogP contribution in [0, 0.1) is 0 Å².